The van der Waals surface area contributed by atoms with Crippen molar-refractivity contribution in [2.45, 2.75) is 19.5 Å². The standard InChI is InChI=1S/C21H19N5OS/c1-14(16-8-5-10-22-13-16)24-21-25-17-9-11-28-19(17)18(26-21)20(27)23-12-15-6-3-2-4-7-15/h2-11,13-14H,12H2,1H3,(H,23,27)(H,24,25,26)/t14-/m0/s1. The van der Waals surface area contributed by atoms with E-state index in [9.17, 15) is 4.79 Å². The summed E-state index contributed by atoms with van der Waals surface area (Å²) in [5, 5.41) is 8.14. The Balaban J connectivity index is 1.57. The van der Waals surface area contributed by atoms with Gasteiger partial charge in [0, 0.05) is 18.9 Å². The molecule has 0 fully saturated rings. The minimum atomic E-state index is -0.212. The van der Waals surface area contributed by atoms with E-state index in [2.05, 4.69) is 25.6 Å². The molecule has 1 atom stereocenters. The molecule has 0 spiro atoms. The highest BCUT2D eigenvalue weighted by atomic mass is 32.1. The van der Waals surface area contributed by atoms with E-state index < -0.39 is 0 Å². The zero-order chi connectivity index (χ0) is 19.3. The van der Waals surface area contributed by atoms with E-state index in [1.54, 1.807) is 12.4 Å². The third kappa shape index (κ3) is 3.99. The molecule has 3 heterocycles. The van der Waals surface area contributed by atoms with Gasteiger partial charge in [-0.15, -0.1) is 11.3 Å². The number of hydrogen-bond donors (Lipinski definition) is 2. The molecule has 0 radical (unpaired) electrons. The summed E-state index contributed by atoms with van der Waals surface area (Å²) in [5.74, 6) is 0.211. The van der Waals surface area contributed by atoms with Crippen molar-refractivity contribution in [1.82, 2.24) is 20.3 Å². The van der Waals surface area contributed by atoms with E-state index in [0.717, 1.165) is 21.3 Å². The van der Waals surface area contributed by atoms with Crippen LogP contribution in [-0.4, -0.2) is 20.9 Å². The zero-order valence-electron chi connectivity index (χ0n) is 15.3. The van der Waals surface area contributed by atoms with Crippen LogP contribution in [0.25, 0.3) is 10.2 Å². The van der Waals surface area contributed by atoms with Crippen LogP contribution in [0.1, 0.15) is 34.6 Å². The fourth-order valence-electron chi connectivity index (χ4n) is 2.85. The van der Waals surface area contributed by atoms with Crippen LogP contribution >= 0.6 is 11.3 Å². The number of carbonyl (C=O) groups is 1. The second-order valence-electron chi connectivity index (χ2n) is 6.35. The van der Waals surface area contributed by atoms with Crippen LogP contribution in [0, 0.1) is 0 Å². The number of hydrogen-bond acceptors (Lipinski definition) is 6. The summed E-state index contributed by atoms with van der Waals surface area (Å²) in [6.07, 6.45) is 3.54. The molecule has 4 aromatic rings. The Bertz CT molecular complexity index is 1080. The van der Waals surface area contributed by atoms with Gasteiger partial charge in [-0.3, -0.25) is 9.78 Å². The number of aromatic nitrogens is 3. The van der Waals surface area contributed by atoms with Crippen LogP contribution in [-0.2, 0) is 6.54 Å². The number of rotatable bonds is 6. The molecule has 0 aliphatic rings. The van der Waals surface area contributed by atoms with Gasteiger partial charge < -0.3 is 10.6 Å². The average molecular weight is 389 g/mol. The van der Waals surface area contributed by atoms with Gasteiger partial charge in [-0.2, -0.15) is 0 Å². The SMILES string of the molecule is C[C@H](Nc1nc(C(=O)NCc2ccccc2)c2sccc2n1)c1cccnc1. The Kier molecular flexibility index (Phi) is 5.25. The van der Waals surface area contributed by atoms with Crippen molar-refractivity contribution < 1.29 is 4.79 Å². The highest BCUT2D eigenvalue weighted by molar-refractivity contribution is 7.17. The first-order valence-corrected chi connectivity index (χ1v) is 9.82. The fraction of sp³-hybridized carbons (Fsp3) is 0.143. The summed E-state index contributed by atoms with van der Waals surface area (Å²) in [4.78, 5) is 26.0. The molecule has 0 aliphatic carbocycles. The third-order valence-electron chi connectivity index (χ3n) is 4.34. The molecular formula is C21H19N5OS. The summed E-state index contributed by atoms with van der Waals surface area (Å²) in [6, 6.07) is 15.5. The number of pyridine rings is 1. The number of carbonyl (C=O) groups excluding carboxylic acids is 1. The first kappa shape index (κ1) is 18.1. The van der Waals surface area contributed by atoms with Gasteiger partial charge in [-0.1, -0.05) is 36.4 Å². The molecule has 0 aliphatic heterocycles. The molecular weight excluding hydrogens is 370 g/mol. The Labute approximate surface area is 166 Å². The molecule has 28 heavy (non-hydrogen) atoms. The van der Waals surface area contributed by atoms with Gasteiger partial charge in [0.15, 0.2) is 5.69 Å². The van der Waals surface area contributed by atoms with Crippen LogP contribution < -0.4 is 10.6 Å². The van der Waals surface area contributed by atoms with Crippen molar-refractivity contribution >= 4 is 33.4 Å². The van der Waals surface area contributed by atoms with Gasteiger partial charge in [0.1, 0.15) is 0 Å². The van der Waals surface area contributed by atoms with Crippen molar-refractivity contribution in [2.24, 2.45) is 0 Å². The number of nitrogens with zero attached hydrogens (tertiary/aromatic N) is 3. The van der Waals surface area contributed by atoms with Crippen molar-refractivity contribution in [3.63, 3.8) is 0 Å². The van der Waals surface area contributed by atoms with Crippen LogP contribution in [0.15, 0.2) is 66.3 Å². The van der Waals surface area contributed by atoms with Crippen LogP contribution in [0.2, 0.25) is 0 Å². The highest BCUT2D eigenvalue weighted by Gasteiger charge is 2.17. The van der Waals surface area contributed by atoms with Gasteiger partial charge in [-0.25, -0.2) is 9.97 Å². The summed E-state index contributed by atoms with van der Waals surface area (Å²) in [6.45, 7) is 2.46. The number of benzene rings is 1. The monoisotopic (exact) mass is 389 g/mol. The Morgan fingerprint density at radius 1 is 1.11 bits per heavy atom. The number of anilines is 1. The molecule has 1 amide bonds. The first-order valence-electron chi connectivity index (χ1n) is 8.94. The molecule has 2 N–H and O–H groups in total. The molecule has 0 saturated heterocycles. The van der Waals surface area contributed by atoms with Crippen LogP contribution in [0.4, 0.5) is 5.95 Å². The largest absolute Gasteiger partial charge is 0.348 e. The maximum atomic E-state index is 12.8. The Hall–Kier alpha value is -3.32. The number of nitrogens with one attached hydrogen (secondary N) is 2. The maximum absolute atomic E-state index is 12.8. The summed E-state index contributed by atoms with van der Waals surface area (Å²) < 4.78 is 0.783. The third-order valence-corrected chi connectivity index (χ3v) is 5.25. The van der Waals surface area contributed by atoms with Crippen LogP contribution in [0.5, 0.6) is 0 Å². The van der Waals surface area contributed by atoms with Crippen molar-refractivity contribution in [2.75, 3.05) is 5.32 Å². The predicted molar refractivity (Wildman–Crippen MR) is 111 cm³/mol. The first-order chi connectivity index (χ1) is 13.7. The maximum Gasteiger partial charge on any atom is 0.271 e. The fourth-order valence-corrected chi connectivity index (χ4v) is 3.67. The minimum absolute atomic E-state index is 0.0370. The topological polar surface area (TPSA) is 79.8 Å². The second-order valence-corrected chi connectivity index (χ2v) is 7.27. The summed E-state index contributed by atoms with van der Waals surface area (Å²) in [5.41, 5.74) is 3.20. The average Bonchev–Trinajstić information content (AvgIpc) is 3.21. The zero-order valence-corrected chi connectivity index (χ0v) is 16.1. The lowest BCUT2D eigenvalue weighted by Gasteiger charge is -2.14. The number of fused-ring (bicyclic) bond motifs is 1. The molecule has 0 unspecified atom stereocenters. The van der Waals surface area contributed by atoms with Crippen molar-refractivity contribution in [3.8, 4) is 0 Å². The van der Waals surface area contributed by atoms with Crippen LogP contribution in [0.3, 0.4) is 0 Å². The van der Waals surface area contributed by atoms with E-state index in [0.29, 0.717) is 18.2 Å². The normalized spacial score (nSPS) is 11.9. The lowest BCUT2D eigenvalue weighted by atomic mass is 10.1. The predicted octanol–water partition coefficient (Wildman–Crippen LogP) is 4.19. The van der Waals surface area contributed by atoms with Gasteiger partial charge >= 0.3 is 0 Å². The van der Waals surface area contributed by atoms with E-state index in [-0.39, 0.29) is 11.9 Å². The molecule has 7 heteroatoms. The lowest BCUT2D eigenvalue weighted by Crippen LogP contribution is -2.24. The number of thiophene rings is 1. The van der Waals surface area contributed by atoms with Crippen molar-refractivity contribution in [3.05, 3.63) is 83.1 Å². The minimum Gasteiger partial charge on any atom is -0.348 e. The van der Waals surface area contributed by atoms with E-state index >= 15 is 0 Å². The molecule has 3 aromatic heterocycles. The molecule has 6 nitrogen and oxygen atoms in total. The summed E-state index contributed by atoms with van der Waals surface area (Å²) >= 11 is 1.46. The molecule has 1 aromatic carbocycles. The van der Waals surface area contributed by atoms with Gasteiger partial charge in [-0.05, 0) is 35.6 Å². The van der Waals surface area contributed by atoms with Gasteiger partial charge in [0.25, 0.3) is 5.91 Å². The molecule has 140 valence electrons. The van der Waals surface area contributed by atoms with Crippen molar-refractivity contribution in [1.29, 1.82) is 0 Å². The Morgan fingerprint density at radius 2 is 1.96 bits per heavy atom. The number of amides is 1. The Morgan fingerprint density at radius 3 is 2.75 bits per heavy atom. The van der Waals surface area contributed by atoms with Gasteiger partial charge in [0.2, 0.25) is 5.95 Å². The quantitative estimate of drug-likeness (QED) is 0.517. The molecule has 0 bridgehead atoms. The van der Waals surface area contributed by atoms with E-state index in [1.807, 2.05) is 60.8 Å². The van der Waals surface area contributed by atoms with E-state index in [4.69, 9.17) is 0 Å². The van der Waals surface area contributed by atoms with Gasteiger partial charge in [0.05, 0.1) is 16.3 Å². The highest BCUT2D eigenvalue weighted by Crippen LogP contribution is 2.25. The second kappa shape index (κ2) is 8.14. The smallest absolute Gasteiger partial charge is 0.271 e. The molecule has 0 saturated carbocycles. The lowest BCUT2D eigenvalue weighted by molar-refractivity contribution is 0.0948. The summed E-state index contributed by atoms with van der Waals surface area (Å²) in [7, 11) is 0. The van der Waals surface area contributed by atoms with E-state index in [1.165, 1.54) is 11.3 Å². The molecule has 4 rings (SSSR count).